The topological polar surface area (TPSA) is 38.9 Å². The SMILES string of the molecule is CCC(Br)c1nc(C(C)C)no1. The van der Waals surface area contributed by atoms with Gasteiger partial charge in [-0.2, -0.15) is 4.98 Å². The summed E-state index contributed by atoms with van der Waals surface area (Å²) in [6.07, 6.45) is 0.958. The first-order valence-electron chi connectivity index (χ1n) is 4.12. The summed E-state index contributed by atoms with van der Waals surface area (Å²) >= 11 is 3.45. The van der Waals surface area contributed by atoms with Gasteiger partial charge in [-0.05, 0) is 6.42 Å². The van der Waals surface area contributed by atoms with Crippen molar-refractivity contribution >= 4 is 15.9 Å². The summed E-state index contributed by atoms with van der Waals surface area (Å²) in [7, 11) is 0. The molecule has 68 valence electrons. The first kappa shape index (κ1) is 9.71. The van der Waals surface area contributed by atoms with Crippen LogP contribution in [0.2, 0.25) is 0 Å². The molecule has 0 spiro atoms. The van der Waals surface area contributed by atoms with Crippen molar-refractivity contribution in [2.75, 3.05) is 0 Å². The van der Waals surface area contributed by atoms with E-state index in [1.165, 1.54) is 0 Å². The number of halogens is 1. The monoisotopic (exact) mass is 232 g/mol. The molecule has 12 heavy (non-hydrogen) atoms. The molecule has 1 atom stereocenters. The van der Waals surface area contributed by atoms with Gasteiger partial charge in [0.2, 0.25) is 5.89 Å². The predicted molar refractivity (Wildman–Crippen MR) is 50.3 cm³/mol. The van der Waals surface area contributed by atoms with E-state index in [0.717, 1.165) is 12.2 Å². The van der Waals surface area contributed by atoms with Gasteiger partial charge in [0.05, 0.1) is 4.83 Å². The van der Waals surface area contributed by atoms with E-state index in [9.17, 15) is 0 Å². The minimum atomic E-state index is 0.192. The van der Waals surface area contributed by atoms with Crippen LogP contribution < -0.4 is 0 Å². The minimum absolute atomic E-state index is 0.192. The Bertz CT molecular complexity index is 247. The van der Waals surface area contributed by atoms with E-state index in [1.54, 1.807) is 0 Å². The molecule has 0 aliphatic rings. The van der Waals surface area contributed by atoms with Crippen LogP contribution in [-0.2, 0) is 0 Å². The summed E-state index contributed by atoms with van der Waals surface area (Å²) in [4.78, 5) is 4.45. The maximum Gasteiger partial charge on any atom is 0.240 e. The molecule has 1 unspecified atom stereocenters. The van der Waals surface area contributed by atoms with Gasteiger partial charge in [0, 0.05) is 5.92 Å². The van der Waals surface area contributed by atoms with Crippen LogP contribution in [0.4, 0.5) is 0 Å². The molecule has 0 fully saturated rings. The summed E-state index contributed by atoms with van der Waals surface area (Å²) < 4.78 is 5.07. The van der Waals surface area contributed by atoms with E-state index < -0.39 is 0 Å². The standard InChI is InChI=1S/C8H13BrN2O/c1-4-6(9)8-10-7(5(2)3)11-12-8/h5-6H,4H2,1-3H3. The van der Waals surface area contributed by atoms with E-state index in [2.05, 4.69) is 33.0 Å². The van der Waals surface area contributed by atoms with Crippen LogP contribution in [0.25, 0.3) is 0 Å². The van der Waals surface area contributed by atoms with Crippen molar-refractivity contribution in [1.29, 1.82) is 0 Å². The van der Waals surface area contributed by atoms with Crippen LogP contribution in [0.15, 0.2) is 4.52 Å². The third kappa shape index (κ3) is 2.06. The lowest BCUT2D eigenvalue weighted by Gasteiger charge is -1.97. The van der Waals surface area contributed by atoms with E-state index in [1.807, 2.05) is 13.8 Å². The van der Waals surface area contributed by atoms with Crippen molar-refractivity contribution in [2.24, 2.45) is 0 Å². The van der Waals surface area contributed by atoms with Gasteiger partial charge in [0.15, 0.2) is 5.82 Å². The fourth-order valence-corrected chi connectivity index (χ4v) is 0.970. The smallest absolute Gasteiger partial charge is 0.240 e. The minimum Gasteiger partial charge on any atom is -0.338 e. The average molecular weight is 233 g/mol. The molecule has 1 heterocycles. The number of hydrogen-bond acceptors (Lipinski definition) is 3. The van der Waals surface area contributed by atoms with Gasteiger partial charge >= 0.3 is 0 Å². The van der Waals surface area contributed by atoms with E-state index >= 15 is 0 Å². The van der Waals surface area contributed by atoms with E-state index in [4.69, 9.17) is 4.52 Å². The van der Waals surface area contributed by atoms with Crippen molar-refractivity contribution < 1.29 is 4.52 Å². The Morgan fingerprint density at radius 3 is 2.58 bits per heavy atom. The summed E-state index contributed by atoms with van der Waals surface area (Å²) in [6.45, 7) is 6.16. The summed E-state index contributed by atoms with van der Waals surface area (Å²) in [5, 5.41) is 3.87. The largest absolute Gasteiger partial charge is 0.338 e. The number of alkyl halides is 1. The highest BCUT2D eigenvalue weighted by molar-refractivity contribution is 9.09. The number of aromatic nitrogens is 2. The molecule has 1 rings (SSSR count). The number of hydrogen-bond donors (Lipinski definition) is 0. The van der Waals surface area contributed by atoms with Gasteiger partial charge in [-0.25, -0.2) is 0 Å². The third-order valence-electron chi connectivity index (χ3n) is 1.60. The van der Waals surface area contributed by atoms with Gasteiger partial charge in [-0.1, -0.05) is 41.9 Å². The second-order valence-corrected chi connectivity index (χ2v) is 4.13. The lowest BCUT2D eigenvalue weighted by molar-refractivity contribution is 0.369. The molecular formula is C8H13BrN2O. The highest BCUT2D eigenvalue weighted by Gasteiger charge is 2.14. The molecule has 0 bridgehead atoms. The molecule has 0 aliphatic heterocycles. The molecule has 0 radical (unpaired) electrons. The average Bonchev–Trinajstić information content (AvgIpc) is 2.51. The van der Waals surface area contributed by atoms with Crippen LogP contribution >= 0.6 is 15.9 Å². The Balaban J connectivity index is 2.77. The van der Waals surface area contributed by atoms with E-state index in [0.29, 0.717) is 11.8 Å². The Labute approximate surface area is 80.7 Å². The fraction of sp³-hybridized carbons (Fsp3) is 0.750. The molecule has 0 aromatic carbocycles. The van der Waals surface area contributed by atoms with Crippen LogP contribution in [0.3, 0.4) is 0 Å². The first-order valence-corrected chi connectivity index (χ1v) is 5.04. The lowest BCUT2D eigenvalue weighted by atomic mass is 10.2. The molecule has 0 saturated carbocycles. The second-order valence-electron chi connectivity index (χ2n) is 3.02. The van der Waals surface area contributed by atoms with Crippen molar-refractivity contribution in [3.8, 4) is 0 Å². The highest BCUT2D eigenvalue weighted by Crippen LogP contribution is 2.25. The van der Waals surface area contributed by atoms with Crippen LogP contribution in [0.1, 0.15) is 49.7 Å². The van der Waals surface area contributed by atoms with Crippen molar-refractivity contribution in [1.82, 2.24) is 10.1 Å². The molecule has 0 saturated heterocycles. The maximum atomic E-state index is 5.07. The van der Waals surface area contributed by atoms with Crippen molar-refractivity contribution in [2.45, 2.75) is 37.9 Å². The molecule has 0 amide bonds. The van der Waals surface area contributed by atoms with Crippen molar-refractivity contribution in [3.05, 3.63) is 11.7 Å². The Morgan fingerprint density at radius 1 is 1.50 bits per heavy atom. The Hall–Kier alpha value is -0.380. The van der Waals surface area contributed by atoms with Gasteiger partial charge in [-0.15, -0.1) is 0 Å². The fourth-order valence-electron chi connectivity index (χ4n) is 0.784. The molecule has 1 aromatic rings. The van der Waals surface area contributed by atoms with Gasteiger partial charge in [0.1, 0.15) is 0 Å². The molecule has 1 aromatic heterocycles. The van der Waals surface area contributed by atoms with Crippen LogP contribution in [0.5, 0.6) is 0 Å². The van der Waals surface area contributed by atoms with Crippen molar-refractivity contribution in [3.63, 3.8) is 0 Å². The molecule has 0 aliphatic carbocycles. The van der Waals surface area contributed by atoms with E-state index in [-0.39, 0.29) is 4.83 Å². The normalized spacial score (nSPS) is 13.8. The predicted octanol–water partition coefficient (Wildman–Crippen LogP) is 3.04. The Morgan fingerprint density at radius 2 is 2.17 bits per heavy atom. The van der Waals surface area contributed by atoms with Crippen LogP contribution in [0, 0.1) is 0 Å². The number of nitrogens with zero attached hydrogens (tertiary/aromatic N) is 2. The lowest BCUT2D eigenvalue weighted by Crippen LogP contribution is -1.91. The second kappa shape index (κ2) is 4.03. The van der Waals surface area contributed by atoms with Gasteiger partial charge < -0.3 is 4.52 Å². The maximum absolute atomic E-state index is 5.07. The summed E-state index contributed by atoms with van der Waals surface area (Å²) in [5.74, 6) is 1.79. The molecule has 0 N–H and O–H groups in total. The summed E-state index contributed by atoms with van der Waals surface area (Å²) in [5.41, 5.74) is 0. The first-order chi connectivity index (χ1) is 5.65. The van der Waals surface area contributed by atoms with Crippen LogP contribution in [-0.4, -0.2) is 10.1 Å². The zero-order chi connectivity index (χ0) is 9.14. The molecular weight excluding hydrogens is 220 g/mol. The van der Waals surface area contributed by atoms with Gasteiger partial charge in [0.25, 0.3) is 0 Å². The number of rotatable bonds is 3. The highest BCUT2D eigenvalue weighted by atomic mass is 79.9. The van der Waals surface area contributed by atoms with Gasteiger partial charge in [-0.3, -0.25) is 0 Å². The zero-order valence-corrected chi connectivity index (χ0v) is 9.13. The Kier molecular flexibility index (Phi) is 3.26. The molecule has 4 heteroatoms. The third-order valence-corrected chi connectivity index (χ3v) is 2.64. The quantitative estimate of drug-likeness (QED) is 0.753. The molecule has 3 nitrogen and oxygen atoms in total. The zero-order valence-electron chi connectivity index (χ0n) is 7.54. The summed E-state index contributed by atoms with van der Waals surface area (Å²) in [6, 6.07) is 0.